The molecule has 4 heteroatoms. The van der Waals surface area contributed by atoms with Gasteiger partial charge in [0.15, 0.2) is 0 Å². The number of nitrogens with one attached hydrogen (secondary N) is 2. The first kappa shape index (κ1) is 10.2. The summed E-state index contributed by atoms with van der Waals surface area (Å²) >= 11 is 5.87. The van der Waals surface area contributed by atoms with E-state index in [0.717, 1.165) is 11.4 Å². The summed E-state index contributed by atoms with van der Waals surface area (Å²) in [6, 6.07) is 5.62. The van der Waals surface area contributed by atoms with Crippen molar-refractivity contribution in [1.29, 1.82) is 0 Å². The monoisotopic (exact) mass is 222 g/mol. The largest absolute Gasteiger partial charge is 0.379 e. The number of hydrogen-bond acceptors (Lipinski definition) is 3. The number of halogens is 1. The van der Waals surface area contributed by atoms with E-state index in [9.17, 15) is 0 Å². The van der Waals surface area contributed by atoms with Crippen LogP contribution in [0.25, 0.3) is 0 Å². The van der Waals surface area contributed by atoms with E-state index < -0.39 is 0 Å². The third-order valence-corrected chi connectivity index (χ3v) is 2.38. The molecule has 0 aliphatic carbocycles. The van der Waals surface area contributed by atoms with Gasteiger partial charge < -0.3 is 15.4 Å². The smallest absolute Gasteiger partial charge is 0.146 e. The van der Waals surface area contributed by atoms with Gasteiger partial charge in [0.05, 0.1) is 17.9 Å². The standard InChI is InChI=1S/C11H11ClN2O/c1-2-5-15-11-7-13-10-6-8(12)3-4-9(10)14-11/h1,3-4,6,11,13-14H,5,7H2. The molecule has 1 heterocycles. The third kappa shape index (κ3) is 2.35. The molecule has 2 N–H and O–H groups in total. The predicted octanol–water partition coefficient (Wildman–Crippen LogP) is 2.15. The van der Waals surface area contributed by atoms with Crippen LogP contribution >= 0.6 is 11.6 Å². The Balaban J connectivity index is 2.07. The SMILES string of the molecule is C#CCOC1CNc2cc(Cl)ccc2N1. The minimum atomic E-state index is -0.0882. The fourth-order valence-corrected chi connectivity index (χ4v) is 1.64. The molecule has 0 saturated carbocycles. The molecule has 0 spiro atoms. The number of benzene rings is 1. The number of terminal acetylenes is 1. The fourth-order valence-electron chi connectivity index (χ4n) is 1.47. The summed E-state index contributed by atoms with van der Waals surface area (Å²) in [4.78, 5) is 0. The molecule has 1 atom stereocenters. The molecule has 0 saturated heterocycles. The molecular formula is C11H11ClN2O. The van der Waals surface area contributed by atoms with E-state index in [2.05, 4.69) is 16.6 Å². The van der Waals surface area contributed by atoms with Gasteiger partial charge in [-0.05, 0) is 18.2 Å². The topological polar surface area (TPSA) is 33.3 Å². The maximum atomic E-state index is 5.87. The van der Waals surface area contributed by atoms with Crippen LogP contribution in [-0.2, 0) is 4.74 Å². The second-order valence-electron chi connectivity index (χ2n) is 3.22. The van der Waals surface area contributed by atoms with Crippen LogP contribution in [0, 0.1) is 12.3 Å². The van der Waals surface area contributed by atoms with Crippen molar-refractivity contribution in [3.05, 3.63) is 23.2 Å². The summed E-state index contributed by atoms with van der Waals surface area (Å²) in [6.45, 7) is 0.983. The van der Waals surface area contributed by atoms with Crippen LogP contribution in [-0.4, -0.2) is 19.4 Å². The van der Waals surface area contributed by atoms with Crippen LogP contribution in [0.2, 0.25) is 5.02 Å². The van der Waals surface area contributed by atoms with E-state index in [1.807, 2.05) is 18.2 Å². The van der Waals surface area contributed by atoms with Crippen molar-refractivity contribution in [2.45, 2.75) is 6.23 Å². The first-order valence-electron chi connectivity index (χ1n) is 4.64. The maximum Gasteiger partial charge on any atom is 0.146 e. The van der Waals surface area contributed by atoms with Gasteiger partial charge in [-0.2, -0.15) is 0 Å². The van der Waals surface area contributed by atoms with E-state index in [-0.39, 0.29) is 6.23 Å². The lowest BCUT2D eigenvalue weighted by molar-refractivity contribution is 0.107. The van der Waals surface area contributed by atoms with Gasteiger partial charge in [0.25, 0.3) is 0 Å². The Morgan fingerprint density at radius 3 is 3.20 bits per heavy atom. The molecule has 3 nitrogen and oxygen atoms in total. The van der Waals surface area contributed by atoms with Crippen LogP contribution in [0.1, 0.15) is 0 Å². The van der Waals surface area contributed by atoms with Crippen LogP contribution in [0.5, 0.6) is 0 Å². The highest BCUT2D eigenvalue weighted by molar-refractivity contribution is 6.31. The highest BCUT2D eigenvalue weighted by Gasteiger charge is 2.16. The molecule has 1 aromatic rings. The number of anilines is 2. The first-order valence-corrected chi connectivity index (χ1v) is 5.02. The zero-order chi connectivity index (χ0) is 10.7. The van der Waals surface area contributed by atoms with Gasteiger partial charge in [-0.1, -0.05) is 17.5 Å². The molecule has 1 aromatic carbocycles. The number of hydrogen-bond donors (Lipinski definition) is 2. The van der Waals surface area contributed by atoms with Gasteiger partial charge in [0.2, 0.25) is 0 Å². The Morgan fingerprint density at radius 1 is 1.53 bits per heavy atom. The van der Waals surface area contributed by atoms with Gasteiger partial charge in [0, 0.05) is 5.02 Å². The maximum absolute atomic E-state index is 5.87. The quantitative estimate of drug-likeness (QED) is 0.753. The molecular weight excluding hydrogens is 212 g/mol. The van der Waals surface area contributed by atoms with Crippen LogP contribution < -0.4 is 10.6 Å². The normalized spacial score (nSPS) is 18.3. The predicted molar refractivity (Wildman–Crippen MR) is 62.1 cm³/mol. The molecule has 1 aliphatic heterocycles. The Labute approximate surface area is 93.8 Å². The molecule has 78 valence electrons. The van der Waals surface area contributed by atoms with Gasteiger partial charge in [0.1, 0.15) is 12.8 Å². The summed E-state index contributed by atoms with van der Waals surface area (Å²) in [7, 11) is 0. The van der Waals surface area contributed by atoms with E-state index in [0.29, 0.717) is 18.2 Å². The molecule has 0 radical (unpaired) electrons. The average molecular weight is 223 g/mol. The molecule has 0 bridgehead atoms. The van der Waals surface area contributed by atoms with Crippen molar-refractivity contribution in [1.82, 2.24) is 0 Å². The molecule has 15 heavy (non-hydrogen) atoms. The molecule has 0 amide bonds. The van der Waals surface area contributed by atoms with Gasteiger partial charge in [-0.15, -0.1) is 6.42 Å². The lowest BCUT2D eigenvalue weighted by atomic mass is 10.2. The lowest BCUT2D eigenvalue weighted by Crippen LogP contribution is -2.35. The van der Waals surface area contributed by atoms with Crippen LogP contribution in [0.4, 0.5) is 11.4 Å². The Bertz CT molecular complexity index is 400. The molecule has 2 rings (SSSR count). The van der Waals surface area contributed by atoms with E-state index in [1.165, 1.54) is 0 Å². The summed E-state index contributed by atoms with van der Waals surface area (Å²) in [6.07, 6.45) is 5.03. The van der Waals surface area contributed by atoms with Crippen molar-refractivity contribution in [3.8, 4) is 12.3 Å². The van der Waals surface area contributed by atoms with Crippen molar-refractivity contribution in [2.75, 3.05) is 23.8 Å². The van der Waals surface area contributed by atoms with E-state index >= 15 is 0 Å². The minimum Gasteiger partial charge on any atom is -0.379 e. The van der Waals surface area contributed by atoms with Crippen molar-refractivity contribution >= 4 is 23.0 Å². The zero-order valence-corrected chi connectivity index (χ0v) is 8.84. The van der Waals surface area contributed by atoms with Gasteiger partial charge >= 0.3 is 0 Å². The van der Waals surface area contributed by atoms with E-state index in [1.54, 1.807) is 0 Å². The van der Waals surface area contributed by atoms with Gasteiger partial charge in [-0.3, -0.25) is 0 Å². The molecule has 1 unspecified atom stereocenters. The van der Waals surface area contributed by atoms with Crippen molar-refractivity contribution in [2.24, 2.45) is 0 Å². The second-order valence-corrected chi connectivity index (χ2v) is 3.66. The van der Waals surface area contributed by atoms with Crippen LogP contribution in [0.3, 0.4) is 0 Å². The first-order chi connectivity index (χ1) is 7.29. The van der Waals surface area contributed by atoms with E-state index in [4.69, 9.17) is 22.8 Å². The fraction of sp³-hybridized carbons (Fsp3) is 0.273. The molecule has 0 fully saturated rings. The minimum absolute atomic E-state index is 0.0882. The molecule has 1 aliphatic rings. The summed E-state index contributed by atoms with van der Waals surface area (Å²) in [5, 5.41) is 7.16. The Hall–Kier alpha value is -1.37. The number of fused-ring (bicyclic) bond motifs is 1. The van der Waals surface area contributed by atoms with Crippen molar-refractivity contribution in [3.63, 3.8) is 0 Å². The summed E-state index contributed by atoms with van der Waals surface area (Å²) < 4.78 is 5.38. The number of ether oxygens (including phenoxy) is 1. The zero-order valence-electron chi connectivity index (χ0n) is 8.09. The highest BCUT2D eigenvalue weighted by Crippen LogP contribution is 2.29. The van der Waals surface area contributed by atoms with Gasteiger partial charge in [-0.25, -0.2) is 0 Å². The summed E-state index contributed by atoms with van der Waals surface area (Å²) in [5.74, 6) is 2.44. The molecule has 0 aromatic heterocycles. The number of rotatable bonds is 2. The Morgan fingerprint density at radius 2 is 2.40 bits per heavy atom. The Kier molecular flexibility index (Phi) is 3.00. The second kappa shape index (κ2) is 4.43. The lowest BCUT2D eigenvalue weighted by Gasteiger charge is -2.27. The third-order valence-electron chi connectivity index (χ3n) is 2.14. The average Bonchev–Trinajstić information content (AvgIpc) is 2.26. The highest BCUT2D eigenvalue weighted by atomic mass is 35.5. The van der Waals surface area contributed by atoms with Crippen molar-refractivity contribution < 1.29 is 4.74 Å². The summed E-state index contributed by atoms with van der Waals surface area (Å²) in [5.41, 5.74) is 1.97. The van der Waals surface area contributed by atoms with Crippen LogP contribution in [0.15, 0.2) is 18.2 Å².